The summed E-state index contributed by atoms with van der Waals surface area (Å²) in [5.41, 5.74) is 1.39. The zero-order valence-corrected chi connectivity index (χ0v) is 8.42. The van der Waals surface area contributed by atoms with Crippen LogP contribution in [0.5, 0.6) is 0 Å². The number of aldehydes is 1. The van der Waals surface area contributed by atoms with Gasteiger partial charge in [-0.05, 0) is 5.56 Å². The molecule has 1 aliphatic heterocycles. The molecule has 80 valence electrons. The fourth-order valence-corrected chi connectivity index (χ4v) is 1.47. The van der Waals surface area contributed by atoms with E-state index in [4.69, 9.17) is 0 Å². The maximum Gasteiger partial charge on any atom is 0.253 e. The van der Waals surface area contributed by atoms with E-state index in [0.717, 1.165) is 16.7 Å². The SMILES string of the molecule is O=Cc1ccc(CN2C(=O)C=CC2=O)cc1. The van der Waals surface area contributed by atoms with Crippen LogP contribution in [-0.4, -0.2) is 23.0 Å². The van der Waals surface area contributed by atoms with E-state index in [1.54, 1.807) is 24.3 Å². The Labute approximate surface area is 92.2 Å². The number of carbonyl (C=O) groups is 3. The van der Waals surface area contributed by atoms with Crippen molar-refractivity contribution in [3.8, 4) is 0 Å². The van der Waals surface area contributed by atoms with E-state index in [2.05, 4.69) is 0 Å². The molecular weight excluding hydrogens is 206 g/mol. The van der Waals surface area contributed by atoms with Crippen molar-refractivity contribution in [3.63, 3.8) is 0 Å². The van der Waals surface area contributed by atoms with Crippen LogP contribution in [-0.2, 0) is 16.1 Å². The molecule has 16 heavy (non-hydrogen) atoms. The number of carbonyl (C=O) groups excluding carboxylic acids is 3. The Hall–Kier alpha value is -2.23. The normalized spacial score (nSPS) is 14.6. The molecule has 4 heteroatoms. The van der Waals surface area contributed by atoms with Gasteiger partial charge in [0, 0.05) is 17.7 Å². The van der Waals surface area contributed by atoms with Gasteiger partial charge in [-0.15, -0.1) is 0 Å². The first-order chi connectivity index (χ1) is 7.70. The van der Waals surface area contributed by atoms with Crippen molar-refractivity contribution < 1.29 is 14.4 Å². The summed E-state index contributed by atoms with van der Waals surface area (Å²) in [6, 6.07) is 6.76. The second-order valence-corrected chi connectivity index (χ2v) is 3.46. The maximum atomic E-state index is 11.3. The number of rotatable bonds is 3. The third kappa shape index (κ3) is 1.91. The van der Waals surface area contributed by atoms with Gasteiger partial charge in [0.25, 0.3) is 11.8 Å². The van der Waals surface area contributed by atoms with Gasteiger partial charge in [-0.25, -0.2) is 0 Å². The van der Waals surface area contributed by atoms with E-state index < -0.39 is 0 Å². The Morgan fingerprint density at radius 2 is 1.56 bits per heavy atom. The van der Waals surface area contributed by atoms with Crippen molar-refractivity contribution >= 4 is 18.1 Å². The van der Waals surface area contributed by atoms with E-state index in [-0.39, 0.29) is 18.4 Å². The van der Waals surface area contributed by atoms with Gasteiger partial charge in [-0.1, -0.05) is 24.3 Å². The highest BCUT2D eigenvalue weighted by molar-refractivity contribution is 6.12. The smallest absolute Gasteiger partial charge is 0.253 e. The quantitative estimate of drug-likeness (QED) is 0.556. The molecule has 0 aliphatic carbocycles. The number of hydrogen-bond donors (Lipinski definition) is 0. The largest absolute Gasteiger partial charge is 0.298 e. The van der Waals surface area contributed by atoms with Crippen LogP contribution >= 0.6 is 0 Å². The molecule has 0 saturated heterocycles. The number of benzene rings is 1. The van der Waals surface area contributed by atoms with Crippen LogP contribution < -0.4 is 0 Å². The average molecular weight is 215 g/mol. The van der Waals surface area contributed by atoms with E-state index in [0.29, 0.717) is 5.56 Å². The zero-order chi connectivity index (χ0) is 11.5. The summed E-state index contributed by atoms with van der Waals surface area (Å²) in [6.45, 7) is 0.240. The highest BCUT2D eigenvalue weighted by Crippen LogP contribution is 2.11. The number of amides is 2. The summed E-state index contributed by atoms with van der Waals surface area (Å²) < 4.78 is 0. The first kappa shape index (κ1) is 10.3. The number of imide groups is 1. The van der Waals surface area contributed by atoms with E-state index >= 15 is 0 Å². The lowest BCUT2D eigenvalue weighted by molar-refractivity contribution is -0.137. The van der Waals surface area contributed by atoms with E-state index in [9.17, 15) is 14.4 Å². The molecule has 2 rings (SSSR count). The molecular formula is C12H9NO3. The van der Waals surface area contributed by atoms with Gasteiger partial charge >= 0.3 is 0 Å². The molecule has 0 radical (unpaired) electrons. The molecule has 0 saturated carbocycles. The molecule has 0 spiro atoms. The first-order valence-electron chi connectivity index (χ1n) is 4.78. The van der Waals surface area contributed by atoms with Gasteiger partial charge in [0.1, 0.15) is 6.29 Å². The van der Waals surface area contributed by atoms with Gasteiger partial charge in [0.05, 0.1) is 6.54 Å². The molecule has 0 bridgehead atoms. The van der Waals surface area contributed by atoms with Gasteiger partial charge < -0.3 is 0 Å². The third-order valence-electron chi connectivity index (χ3n) is 2.36. The maximum absolute atomic E-state index is 11.3. The van der Waals surface area contributed by atoms with Crippen LogP contribution in [0.4, 0.5) is 0 Å². The summed E-state index contributed by atoms with van der Waals surface area (Å²) in [6.07, 6.45) is 3.25. The van der Waals surface area contributed by atoms with Crippen molar-refractivity contribution in [1.82, 2.24) is 4.90 Å². The van der Waals surface area contributed by atoms with Crippen LogP contribution in [0.15, 0.2) is 36.4 Å². The van der Waals surface area contributed by atoms with Gasteiger partial charge in [0.2, 0.25) is 0 Å². The lowest BCUT2D eigenvalue weighted by atomic mass is 10.1. The van der Waals surface area contributed by atoms with Crippen LogP contribution in [0.25, 0.3) is 0 Å². The van der Waals surface area contributed by atoms with E-state index in [1.165, 1.54) is 12.2 Å². The molecule has 0 N–H and O–H groups in total. The molecule has 1 aromatic rings. The summed E-state index contributed by atoms with van der Waals surface area (Å²) in [5.74, 6) is -0.603. The van der Waals surface area contributed by atoms with Crippen molar-refractivity contribution in [2.45, 2.75) is 6.54 Å². The molecule has 1 aromatic carbocycles. The minimum Gasteiger partial charge on any atom is -0.298 e. The predicted octanol–water partition coefficient (Wildman–Crippen LogP) is 0.924. The average Bonchev–Trinajstić information content (AvgIpc) is 2.62. The van der Waals surface area contributed by atoms with E-state index in [1.807, 2.05) is 0 Å². The highest BCUT2D eigenvalue weighted by atomic mass is 16.2. The first-order valence-corrected chi connectivity index (χ1v) is 4.78. The number of nitrogens with zero attached hydrogens (tertiary/aromatic N) is 1. The molecule has 2 amide bonds. The molecule has 4 nitrogen and oxygen atoms in total. The highest BCUT2D eigenvalue weighted by Gasteiger charge is 2.22. The van der Waals surface area contributed by atoms with Gasteiger partial charge in [0.15, 0.2) is 0 Å². The molecule has 1 heterocycles. The zero-order valence-electron chi connectivity index (χ0n) is 8.42. The van der Waals surface area contributed by atoms with Crippen molar-refractivity contribution in [1.29, 1.82) is 0 Å². The van der Waals surface area contributed by atoms with Crippen LogP contribution in [0, 0.1) is 0 Å². The Morgan fingerprint density at radius 3 is 2.06 bits per heavy atom. The Morgan fingerprint density at radius 1 is 1.00 bits per heavy atom. The van der Waals surface area contributed by atoms with Crippen molar-refractivity contribution in [2.75, 3.05) is 0 Å². The summed E-state index contributed by atoms with van der Waals surface area (Å²) >= 11 is 0. The predicted molar refractivity (Wildman–Crippen MR) is 56.5 cm³/mol. The molecule has 0 unspecified atom stereocenters. The lowest BCUT2D eigenvalue weighted by Crippen LogP contribution is -2.29. The van der Waals surface area contributed by atoms with Crippen LogP contribution in [0.3, 0.4) is 0 Å². The second-order valence-electron chi connectivity index (χ2n) is 3.46. The van der Waals surface area contributed by atoms with Crippen LogP contribution in [0.2, 0.25) is 0 Å². The Bertz CT molecular complexity index is 456. The minimum atomic E-state index is -0.301. The van der Waals surface area contributed by atoms with Crippen molar-refractivity contribution in [2.24, 2.45) is 0 Å². The summed E-state index contributed by atoms with van der Waals surface area (Å²) in [5, 5.41) is 0. The monoisotopic (exact) mass is 215 g/mol. The van der Waals surface area contributed by atoms with Gasteiger partial charge in [-0.3, -0.25) is 19.3 Å². The Balaban J connectivity index is 2.12. The standard InChI is InChI=1S/C12H9NO3/c14-8-10-3-1-9(2-4-10)7-13-11(15)5-6-12(13)16/h1-6,8H,7H2. The molecule has 0 aromatic heterocycles. The third-order valence-corrected chi connectivity index (χ3v) is 2.36. The second kappa shape index (κ2) is 4.10. The lowest BCUT2D eigenvalue weighted by Gasteiger charge is -2.13. The molecule has 0 fully saturated rings. The molecule has 0 atom stereocenters. The fraction of sp³-hybridized carbons (Fsp3) is 0.0833. The minimum absolute atomic E-state index is 0.240. The topological polar surface area (TPSA) is 54.5 Å². The molecule has 1 aliphatic rings. The van der Waals surface area contributed by atoms with Crippen molar-refractivity contribution in [3.05, 3.63) is 47.5 Å². The Kier molecular flexibility index (Phi) is 2.64. The fourth-order valence-electron chi connectivity index (χ4n) is 1.47. The van der Waals surface area contributed by atoms with Gasteiger partial charge in [-0.2, -0.15) is 0 Å². The summed E-state index contributed by atoms with van der Waals surface area (Å²) in [4.78, 5) is 34.1. The number of hydrogen-bond acceptors (Lipinski definition) is 3. The summed E-state index contributed by atoms with van der Waals surface area (Å²) in [7, 11) is 0. The van der Waals surface area contributed by atoms with Crippen LogP contribution in [0.1, 0.15) is 15.9 Å².